The van der Waals surface area contributed by atoms with Gasteiger partial charge in [0.15, 0.2) is 5.16 Å². The molecule has 5 nitrogen and oxygen atoms in total. The summed E-state index contributed by atoms with van der Waals surface area (Å²) in [6.07, 6.45) is 3.31. The number of nitrogens with zero attached hydrogens (tertiary/aromatic N) is 2. The number of hydrogen-bond acceptors (Lipinski definition) is 4. The Balaban J connectivity index is 1.95. The van der Waals surface area contributed by atoms with Crippen molar-refractivity contribution in [3.05, 3.63) is 34.6 Å². The lowest BCUT2D eigenvalue weighted by molar-refractivity contribution is -0.118. The highest BCUT2D eigenvalue weighted by atomic mass is 32.2. The zero-order chi connectivity index (χ0) is 20.3. The van der Waals surface area contributed by atoms with Gasteiger partial charge in [-0.3, -0.25) is 14.2 Å². The SMILES string of the molecule is CC(C)CNC(=O)CSc1nc2ccccc2c(=O)n1[C@H]1CCC[C@H](C)[C@@H]1C. The van der Waals surface area contributed by atoms with Gasteiger partial charge in [0.2, 0.25) is 5.91 Å². The van der Waals surface area contributed by atoms with E-state index < -0.39 is 0 Å². The van der Waals surface area contributed by atoms with Crippen LogP contribution in [0.3, 0.4) is 0 Å². The Morgan fingerprint density at radius 1 is 1.29 bits per heavy atom. The maximum absolute atomic E-state index is 13.4. The third-order valence-corrected chi connectivity index (χ3v) is 6.76. The van der Waals surface area contributed by atoms with E-state index >= 15 is 0 Å². The summed E-state index contributed by atoms with van der Waals surface area (Å²) in [6.45, 7) is 9.31. The number of para-hydroxylation sites is 1. The molecule has 0 saturated heterocycles. The van der Waals surface area contributed by atoms with Gasteiger partial charge < -0.3 is 5.32 Å². The largest absolute Gasteiger partial charge is 0.355 e. The van der Waals surface area contributed by atoms with Crippen LogP contribution in [0.15, 0.2) is 34.2 Å². The highest BCUT2D eigenvalue weighted by molar-refractivity contribution is 7.99. The molecule has 1 aliphatic rings. The fraction of sp³-hybridized carbons (Fsp3) is 0.591. The summed E-state index contributed by atoms with van der Waals surface area (Å²) in [7, 11) is 0. The fourth-order valence-electron chi connectivity index (χ4n) is 3.94. The first kappa shape index (κ1) is 20.9. The van der Waals surface area contributed by atoms with Gasteiger partial charge in [0, 0.05) is 12.6 Å². The van der Waals surface area contributed by atoms with Crippen molar-refractivity contribution in [3.8, 4) is 0 Å². The van der Waals surface area contributed by atoms with Crippen LogP contribution in [0, 0.1) is 17.8 Å². The fourth-order valence-corrected chi connectivity index (χ4v) is 4.82. The molecule has 3 atom stereocenters. The number of carbonyl (C=O) groups excluding carboxylic acids is 1. The summed E-state index contributed by atoms with van der Waals surface area (Å²) in [5, 5.41) is 4.26. The molecule has 0 bridgehead atoms. The second kappa shape index (κ2) is 9.12. The van der Waals surface area contributed by atoms with Crippen LogP contribution in [-0.2, 0) is 4.79 Å². The van der Waals surface area contributed by atoms with Crippen LogP contribution in [0.2, 0.25) is 0 Å². The van der Waals surface area contributed by atoms with E-state index in [1.54, 1.807) is 0 Å². The molecular weight excluding hydrogens is 370 g/mol. The van der Waals surface area contributed by atoms with Gasteiger partial charge in [0.05, 0.1) is 16.7 Å². The van der Waals surface area contributed by atoms with Gasteiger partial charge in [0.1, 0.15) is 0 Å². The molecule has 0 radical (unpaired) electrons. The minimum atomic E-state index is -0.0160. The van der Waals surface area contributed by atoms with Crippen molar-refractivity contribution < 1.29 is 4.79 Å². The normalized spacial score (nSPS) is 22.5. The summed E-state index contributed by atoms with van der Waals surface area (Å²) in [5.41, 5.74) is 0.715. The van der Waals surface area contributed by atoms with Crippen LogP contribution >= 0.6 is 11.8 Å². The summed E-state index contributed by atoms with van der Waals surface area (Å²) < 4.78 is 1.88. The molecule has 152 valence electrons. The van der Waals surface area contributed by atoms with Gasteiger partial charge in [-0.15, -0.1) is 0 Å². The van der Waals surface area contributed by atoms with Crippen LogP contribution in [0.4, 0.5) is 0 Å². The van der Waals surface area contributed by atoms with Gasteiger partial charge in [-0.25, -0.2) is 4.98 Å². The number of carbonyl (C=O) groups is 1. The molecule has 1 fully saturated rings. The van der Waals surface area contributed by atoms with Gasteiger partial charge >= 0.3 is 0 Å². The van der Waals surface area contributed by atoms with Crippen LogP contribution in [0.1, 0.15) is 53.0 Å². The summed E-state index contributed by atoms with van der Waals surface area (Å²) >= 11 is 1.37. The lowest BCUT2D eigenvalue weighted by Gasteiger charge is -2.36. The lowest BCUT2D eigenvalue weighted by Crippen LogP contribution is -2.36. The highest BCUT2D eigenvalue weighted by Gasteiger charge is 2.31. The van der Waals surface area contributed by atoms with Gasteiger partial charge in [0.25, 0.3) is 5.56 Å². The van der Waals surface area contributed by atoms with Crippen molar-refractivity contribution in [1.82, 2.24) is 14.9 Å². The van der Waals surface area contributed by atoms with Crippen molar-refractivity contribution in [2.24, 2.45) is 17.8 Å². The highest BCUT2D eigenvalue weighted by Crippen LogP contribution is 2.38. The first-order chi connectivity index (χ1) is 13.4. The first-order valence-corrected chi connectivity index (χ1v) is 11.3. The molecule has 2 aromatic rings. The minimum absolute atomic E-state index is 0.0154. The molecule has 1 aliphatic carbocycles. The Morgan fingerprint density at radius 2 is 2.04 bits per heavy atom. The van der Waals surface area contributed by atoms with E-state index in [-0.39, 0.29) is 23.3 Å². The van der Waals surface area contributed by atoms with E-state index in [1.807, 2.05) is 28.8 Å². The molecule has 0 unspecified atom stereocenters. The number of aromatic nitrogens is 2. The molecule has 28 heavy (non-hydrogen) atoms. The van der Waals surface area contributed by atoms with Crippen molar-refractivity contribution in [3.63, 3.8) is 0 Å². The Morgan fingerprint density at radius 3 is 2.79 bits per heavy atom. The van der Waals surface area contributed by atoms with Crippen LogP contribution < -0.4 is 10.9 Å². The number of amides is 1. The minimum Gasteiger partial charge on any atom is -0.355 e. The molecule has 1 aromatic heterocycles. The summed E-state index contributed by atoms with van der Waals surface area (Å²) in [5.74, 6) is 1.65. The molecular formula is C22H31N3O2S. The molecule has 0 spiro atoms. The van der Waals surface area contributed by atoms with Crippen LogP contribution in [0.25, 0.3) is 10.9 Å². The average Bonchev–Trinajstić information content (AvgIpc) is 2.67. The predicted octanol–water partition coefficient (Wildman–Crippen LogP) is 4.26. The Hall–Kier alpha value is -1.82. The second-order valence-corrected chi connectivity index (χ2v) is 9.35. The van der Waals surface area contributed by atoms with E-state index in [0.29, 0.717) is 40.4 Å². The molecule has 1 N–H and O–H groups in total. The lowest BCUT2D eigenvalue weighted by atomic mass is 9.78. The summed E-state index contributed by atoms with van der Waals surface area (Å²) in [4.78, 5) is 30.4. The van der Waals surface area contributed by atoms with E-state index in [4.69, 9.17) is 4.98 Å². The predicted molar refractivity (Wildman–Crippen MR) is 116 cm³/mol. The molecule has 3 rings (SSSR count). The van der Waals surface area contributed by atoms with Crippen molar-refractivity contribution in [2.45, 2.75) is 58.2 Å². The van der Waals surface area contributed by atoms with E-state index in [0.717, 1.165) is 12.8 Å². The maximum atomic E-state index is 13.4. The zero-order valence-electron chi connectivity index (χ0n) is 17.3. The van der Waals surface area contributed by atoms with E-state index in [9.17, 15) is 9.59 Å². The monoisotopic (exact) mass is 401 g/mol. The number of hydrogen-bond donors (Lipinski definition) is 1. The second-order valence-electron chi connectivity index (χ2n) is 8.41. The average molecular weight is 402 g/mol. The zero-order valence-corrected chi connectivity index (χ0v) is 18.1. The molecule has 1 heterocycles. The number of thioether (sulfide) groups is 1. The van der Waals surface area contributed by atoms with Crippen molar-refractivity contribution in [2.75, 3.05) is 12.3 Å². The molecule has 1 aromatic carbocycles. The van der Waals surface area contributed by atoms with Crippen LogP contribution in [0.5, 0.6) is 0 Å². The third kappa shape index (κ3) is 4.59. The molecule has 0 aliphatic heterocycles. The molecule has 1 saturated carbocycles. The Labute approximate surface area is 171 Å². The van der Waals surface area contributed by atoms with E-state index in [2.05, 4.69) is 33.0 Å². The Bertz CT molecular complexity index is 893. The quantitative estimate of drug-likeness (QED) is 0.580. The van der Waals surface area contributed by atoms with Gasteiger partial charge in [-0.05, 0) is 36.3 Å². The van der Waals surface area contributed by atoms with Crippen LogP contribution in [-0.4, -0.2) is 27.8 Å². The number of fused-ring (bicyclic) bond motifs is 1. The molecule has 1 amide bonds. The van der Waals surface area contributed by atoms with Gasteiger partial charge in [-0.2, -0.15) is 0 Å². The number of nitrogens with one attached hydrogen (secondary N) is 1. The first-order valence-electron chi connectivity index (χ1n) is 10.3. The number of rotatable bonds is 6. The van der Waals surface area contributed by atoms with Crippen molar-refractivity contribution in [1.29, 1.82) is 0 Å². The van der Waals surface area contributed by atoms with Gasteiger partial charge in [-0.1, -0.05) is 64.4 Å². The molecule has 6 heteroatoms. The Kier molecular flexibility index (Phi) is 6.81. The third-order valence-electron chi connectivity index (χ3n) is 5.81. The number of benzene rings is 1. The topological polar surface area (TPSA) is 64.0 Å². The van der Waals surface area contributed by atoms with E-state index in [1.165, 1.54) is 18.2 Å². The standard InChI is InChI=1S/C22H31N3O2S/c1-14(2)12-23-20(26)13-28-22-24-18-10-6-5-9-17(18)21(27)25(22)19-11-7-8-15(3)16(19)4/h5-6,9-10,14-16,19H,7-8,11-13H2,1-4H3,(H,23,26)/t15-,16-,19-/m0/s1. The smallest absolute Gasteiger partial charge is 0.262 e. The maximum Gasteiger partial charge on any atom is 0.262 e. The summed E-state index contributed by atoms with van der Waals surface area (Å²) in [6, 6.07) is 7.64. The van der Waals surface area contributed by atoms with Crippen molar-refractivity contribution >= 4 is 28.6 Å².